The van der Waals surface area contributed by atoms with Gasteiger partial charge in [0.05, 0.1) is 23.0 Å². The number of benzene rings is 2. The average Bonchev–Trinajstić information content (AvgIpc) is 2.90. The Morgan fingerprint density at radius 1 is 1.08 bits per heavy atom. The van der Waals surface area contributed by atoms with Crippen LogP contribution in [0.2, 0.25) is 0 Å². The van der Waals surface area contributed by atoms with Gasteiger partial charge in [-0.05, 0) is 31.2 Å². The zero-order chi connectivity index (χ0) is 26.7. The van der Waals surface area contributed by atoms with Gasteiger partial charge in [-0.15, -0.1) is 0 Å². The summed E-state index contributed by atoms with van der Waals surface area (Å²) in [4.78, 5) is 57.7. The fourth-order valence-electron chi connectivity index (χ4n) is 3.57. The summed E-state index contributed by atoms with van der Waals surface area (Å²) >= 11 is 1.01. The number of amides is 1. The van der Waals surface area contributed by atoms with Crippen molar-refractivity contribution in [2.75, 3.05) is 17.7 Å². The Balaban J connectivity index is 1.73. The molecule has 1 amide bonds. The highest BCUT2D eigenvalue weighted by atomic mass is 32.2. The van der Waals surface area contributed by atoms with E-state index in [9.17, 15) is 24.5 Å². The number of carbonyl (C=O) groups excluding carboxylic acids is 1. The monoisotopic (exact) mass is 522 g/mol. The molecular formula is C24H22N6O6S. The van der Waals surface area contributed by atoms with Gasteiger partial charge in [0.2, 0.25) is 5.91 Å². The molecule has 0 aliphatic rings. The van der Waals surface area contributed by atoms with E-state index in [1.807, 2.05) is 6.92 Å². The minimum absolute atomic E-state index is 0.0843. The van der Waals surface area contributed by atoms with E-state index in [4.69, 9.17) is 4.74 Å². The second-order valence-electron chi connectivity index (χ2n) is 7.83. The summed E-state index contributed by atoms with van der Waals surface area (Å²) in [6, 6.07) is 12.6. The normalized spacial score (nSPS) is 10.9. The van der Waals surface area contributed by atoms with Crippen molar-refractivity contribution in [2.24, 2.45) is 14.1 Å². The number of thioether (sulfide) groups is 1. The summed E-state index contributed by atoms with van der Waals surface area (Å²) in [7, 11) is 2.82. The highest BCUT2D eigenvalue weighted by Gasteiger charge is 2.20. The van der Waals surface area contributed by atoms with Crippen LogP contribution in [0.3, 0.4) is 0 Å². The number of hydrogen-bond donors (Lipinski definition) is 1. The molecular weight excluding hydrogens is 500 g/mol. The van der Waals surface area contributed by atoms with Crippen molar-refractivity contribution in [1.82, 2.24) is 19.1 Å². The number of rotatable bonds is 8. The van der Waals surface area contributed by atoms with E-state index in [1.165, 1.54) is 42.9 Å². The molecule has 0 unspecified atom stereocenters. The second-order valence-corrected chi connectivity index (χ2v) is 8.79. The Morgan fingerprint density at radius 2 is 1.78 bits per heavy atom. The Kier molecular flexibility index (Phi) is 7.34. The number of aromatic nitrogens is 4. The highest BCUT2D eigenvalue weighted by Crippen LogP contribution is 2.28. The first-order chi connectivity index (χ1) is 17.7. The van der Waals surface area contributed by atoms with Crippen LogP contribution in [0.4, 0.5) is 11.4 Å². The van der Waals surface area contributed by atoms with Gasteiger partial charge in [0.15, 0.2) is 11.5 Å². The number of nitrogens with zero attached hydrogens (tertiary/aromatic N) is 5. The zero-order valence-corrected chi connectivity index (χ0v) is 20.9. The van der Waals surface area contributed by atoms with Crippen LogP contribution >= 0.6 is 11.8 Å². The maximum Gasteiger partial charge on any atom is 0.332 e. The number of anilines is 1. The largest absolute Gasteiger partial charge is 0.492 e. The smallest absolute Gasteiger partial charge is 0.332 e. The number of nitro benzene ring substituents is 1. The van der Waals surface area contributed by atoms with Gasteiger partial charge in [-0.2, -0.15) is 0 Å². The number of ether oxygens (including phenoxy) is 1. The predicted molar refractivity (Wildman–Crippen MR) is 139 cm³/mol. The Labute approximate surface area is 214 Å². The number of aryl methyl sites for hydroxylation is 1. The van der Waals surface area contributed by atoms with Crippen LogP contribution in [0.1, 0.15) is 6.92 Å². The molecule has 2 aromatic carbocycles. The van der Waals surface area contributed by atoms with Gasteiger partial charge in [-0.3, -0.25) is 28.8 Å². The fraction of sp³-hybridized carbons (Fsp3) is 0.208. The van der Waals surface area contributed by atoms with E-state index in [0.717, 1.165) is 16.3 Å². The summed E-state index contributed by atoms with van der Waals surface area (Å²) in [6.45, 7) is 2.27. The summed E-state index contributed by atoms with van der Waals surface area (Å²) in [5.74, 6) is 0.219. The number of non-ortho nitro benzene ring substituents is 1. The van der Waals surface area contributed by atoms with Crippen LogP contribution in [0.15, 0.2) is 63.1 Å². The third-order valence-electron chi connectivity index (χ3n) is 5.40. The van der Waals surface area contributed by atoms with E-state index in [0.29, 0.717) is 23.6 Å². The lowest BCUT2D eigenvalue weighted by molar-refractivity contribution is -0.384. The van der Waals surface area contributed by atoms with Crippen LogP contribution in [0.5, 0.6) is 5.75 Å². The maximum atomic E-state index is 13.0. The number of hydrogen-bond acceptors (Lipinski definition) is 9. The van der Waals surface area contributed by atoms with Crippen LogP contribution < -0.4 is 21.3 Å². The summed E-state index contributed by atoms with van der Waals surface area (Å²) < 4.78 is 7.70. The fourth-order valence-corrected chi connectivity index (χ4v) is 4.38. The molecule has 0 aliphatic heterocycles. The van der Waals surface area contributed by atoms with Gasteiger partial charge in [0, 0.05) is 31.8 Å². The van der Waals surface area contributed by atoms with Crippen LogP contribution in [0, 0.1) is 10.1 Å². The molecule has 190 valence electrons. The average molecular weight is 523 g/mol. The molecule has 13 heteroatoms. The van der Waals surface area contributed by atoms with Gasteiger partial charge in [-0.1, -0.05) is 23.9 Å². The van der Waals surface area contributed by atoms with Crippen molar-refractivity contribution in [3.63, 3.8) is 0 Å². The molecule has 0 saturated heterocycles. The number of para-hydroxylation sites is 2. The van der Waals surface area contributed by atoms with Crippen molar-refractivity contribution >= 4 is 40.1 Å². The van der Waals surface area contributed by atoms with Crippen molar-refractivity contribution in [2.45, 2.75) is 11.9 Å². The standard InChI is InChI=1S/C24H22N6O6S/c1-4-36-17-8-6-5-7-16(17)25-18(31)13-37-22-19-21(28(2)24(33)29(3)23(19)32)26-20(27-22)14-9-11-15(12-10-14)30(34)35/h5-12H,4,13H2,1-3H3,(H,25,31). The Hall–Kier alpha value is -4.52. The van der Waals surface area contributed by atoms with E-state index in [-0.39, 0.29) is 39.2 Å². The first kappa shape index (κ1) is 25.6. The Bertz CT molecular complexity index is 1630. The number of nitro groups is 1. The number of nitrogens with one attached hydrogen (secondary N) is 1. The molecule has 0 fully saturated rings. The molecule has 4 aromatic rings. The molecule has 0 bridgehead atoms. The molecule has 0 aliphatic carbocycles. The van der Waals surface area contributed by atoms with Gasteiger partial charge >= 0.3 is 5.69 Å². The molecule has 1 N–H and O–H groups in total. The van der Waals surface area contributed by atoms with E-state index in [2.05, 4.69) is 15.3 Å². The predicted octanol–water partition coefficient (Wildman–Crippen LogP) is 2.73. The number of carbonyl (C=O) groups is 1. The maximum absolute atomic E-state index is 13.0. The lowest BCUT2D eigenvalue weighted by Crippen LogP contribution is -2.37. The van der Waals surface area contributed by atoms with Gasteiger partial charge in [0.1, 0.15) is 16.2 Å². The van der Waals surface area contributed by atoms with Crippen LogP contribution in [-0.4, -0.2) is 42.3 Å². The first-order valence-electron chi connectivity index (χ1n) is 11.1. The zero-order valence-electron chi connectivity index (χ0n) is 20.1. The van der Waals surface area contributed by atoms with Crippen molar-refractivity contribution in [1.29, 1.82) is 0 Å². The van der Waals surface area contributed by atoms with Crippen molar-refractivity contribution in [3.8, 4) is 17.1 Å². The first-order valence-corrected chi connectivity index (χ1v) is 12.1. The summed E-state index contributed by atoms with van der Waals surface area (Å²) in [6.07, 6.45) is 0. The molecule has 0 saturated carbocycles. The quantitative estimate of drug-likeness (QED) is 0.159. The molecule has 12 nitrogen and oxygen atoms in total. The molecule has 37 heavy (non-hydrogen) atoms. The van der Waals surface area contributed by atoms with Gasteiger partial charge in [0.25, 0.3) is 11.2 Å². The SMILES string of the molecule is CCOc1ccccc1NC(=O)CSc1nc(-c2ccc([N+](=O)[O-])cc2)nc2c1c(=O)n(C)c(=O)n2C. The third-order valence-corrected chi connectivity index (χ3v) is 6.38. The molecule has 0 spiro atoms. The van der Waals surface area contributed by atoms with Crippen LogP contribution in [-0.2, 0) is 18.9 Å². The van der Waals surface area contributed by atoms with E-state index in [1.54, 1.807) is 24.3 Å². The second kappa shape index (κ2) is 10.6. The molecule has 0 atom stereocenters. The molecule has 4 rings (SSSR count). The lowest BCUT2D eigenvalue weighted by Gasteiger charge is -2.13. The van der Waals surface area contributed by atoms with Gasteiger partial charge < -0.3 is 10.1 Å². The third kappa shape index (κ3) is 5.21. The lowest BCUT2D eigenvalue weighted by atomic mass is 10.2. The van der Waals surface area contributed by atoms with Crippen molar-refractivity contribution in [3.05, 3.63) is 79.5 Å². The number of fused-ring (bicyclic) bond motifs is 1. The van der Waals surface area contributed by atoms with E-state index >= 15 is 0 Å². The topological polar surface area (TPSA) is 151 Å². The van der Waals surface area contributed by atoms with Gasteiger partial charge in [-0.25, -0.2) is 14.8 Å². The molecule has 0 radical (unpaired) electrons. The van der Waals surface area contributed by atoms with Crippen molar-refractivity contribution < 1.29 is 14.5 Å². The van der Waals surface area contributed by atoms with Crippen LogP contribution in [0.25, 0.3) is 22.4 Å². The minimum Gasteiger partial charge on any atom is -0.492 e. The highest BCUT2D eigenvalue weighted by molar-refractivity contribution is 8.00. The summed E-state index contributed by atoms with van der Waals surface area (Å²) in [5, 5.41) is 14.1. The minimum atomic E-state index is -0.599. The van der Waals surface area contributed by atoms with E-state index < -0.39 is 16.2 Å². The molecule has 2 heterocycles. The molecule has 2 aromatic heterocycles. The summed E-state index contributed by atoms with van der Waals surface area (Å²) in [5.41, 5.74) is -0.250. The Morgan fingerprint density at radius 3 is 2.46 bits per heavy atom.